The Kier molecular flexibility index (Phi) is 3.24. The third kappa shape index (κ3) is 2.11. The van der Waals surface area contributed by atoms with Gasteiger partial charge in [0.05, 0.1) is 6.61 Å². The second-order valence-electron chi connectivity index (χ2n) is 3.30. The molecule has 1 heterocycles. The number of carbonyl (C=O) groups is 2. The number of hydrogen-bond acceptors (Lipinski definition) is 3. The van der Waals surface area contributed by atoms with E-state index in [2.05, 4.69) is 11.9 Å². The van der Waals surface area contributed by atoms with Crippen LogP contribution in [0.15, 0.2) is 12.7 Å². The summed E-state index contributed by atoms with van der Waals surface area (Å²) in [6.07, 6.45) is 2.33. The maximum atomic E-state index is 11.2. The van der Waals surface area contributed by atoms with E-state index in [-0.39, 0.29) is 6.61 Å². The molecule has 1 atom stereocenters. The highest BCUT2D eigenvalue weighted by Crippen LogP contribution is 2.18. The molecule has 14 heavy (non-hydrogen) atoms. The minimum atomic E-state index is -1.05. The molecule has 0 aromatic rings. The maximum absolute atomic E-state index is 11.2. The summed E-state index contributed by atoms with van der Waals surface area (Å²) >= 11 is 0. The van der Waals surface area contributed by atoms with Gasteiger partial charge in [-0.15, -0.1) is 0 Å². The minimum absolute atomic E-state index is 0.141. The number of nitrogens with one attached hydrogen (secondary N) is 1. The zero-order valence-corrected chi connectivity index (χ0v) is 7.91. The van der Waals surface area contributed by atoms with Crippen LogP contribution in [-0.2, 0) is 14.3 Å². The van der Waals surface area contributed by atoms with Crippen molar-refractivity contribution in [2.45, 2.75) is 18.4 Å². The Balaban J connectivity index is 2.75. The second-order valence-corrected chi connectivity index (χ2v) is 3.30. The highest BCUT2D eigenvalue weighted by atomic mass is 16.5. The summed E-state index contributed by atoms with van der Waals surface area (Å²) in [4.78, 5) is 22.3. The molecule has 5 nitrogen and oxygen atoms in total. The quantitative estimate of drug-likeness (QED) is 0.590. The lowest BCUT2D eigenvalue weighted by molar-refractivity contribution is -0.135. The standard InChI is InChI=1S/C9H14N2O3/c1-2-7(12)11-9(8(10)13)4-3-5-14-6-9/h2H,1,3-6H2,(H2,10,13)(H,11,12)/t9-/m0/s1. The van der Waals surface area contributed by atoms with Gasteiger partial charge in [0.15, 0.2) is 0 Å². The first-order valence-corrected chi connectivity index (χ1v) is 4.43. The zero-order valence-electron chi connectivity index (χ0n) is 7.91. The molecule has 0 bridgehead atoms. The van der Waals surface area contributed by atoms with E-state index in [0.717, 1.165) is 6.08 Å². The summed E-state index contributed by atoms with van der Waals surface area (Å²) in [5.41, 5.74) is 4.19. The minimum Gasteiger partial charge on any atom is -0.378 e. The molecular weight excluding hydrogens is 184 g/mol. The van der Waals surface area contributed by atoms with E-state index in [1.165, 1.54) is 0 Å². The number of hydrogen-bond donors (Lipinski definition) is 2. The van der Waals surface area contributed by atoms with Gasteiger partial charge in [-0.05, 0) is 18.9 Å². The van der Waals surface area contributed by atoms with Crippen LogP contribution in [0, 0.1) is 0 Å². The number of ether oxygens (including phenoxy) is 1. The van der Waals surface area contributed by atoms with Crippen LogP contribution in [0.3, 0.4) is 0 Å². The molecule has 0 radical (unpaired) electrons. The van der Waals surface area contributed by atoms with Crippen LogP contribution < -0.4 is 11.1 Å². The van der Waals surface area contributed by atoms with Crippen molar-refractivity contribution in [3.63, 3.8) is 0 Å². The molecule has 1 aliphatic rings. The Morgan fingerprint density at radius 3 is 2.71 bits per heavy atom. The van der Waals surface area contributed by atoms with Gasteiger partial charge in [0, 0.05) is 6.61 Å². The van der Waals surface area contributed by atoms with Gasteiger partial charge in [0.25, 0.3) is 0 Å². The van der Waals surface area contributed by atoms with Crippen LogP contribution in [0.4, 0.5) is 0 Å². The van der Waals surface area contributed by atoms with Crippen LogP contribution in [0.2, 0.25) is 0 Å². The van der Waals surface area contributed by atoms with Crippen molar-refractivity contribution in [1.82, 2.24) is 5.32 Å². The van der Waals surface area contributed by atoms with Crippen LogP contribution in [0.1, 0.15) is 12.8 Å². The average molecular weight is 198 g/mol. The largest absolute Gasteiger partial charge is 0.378 e. The molecule has 1 saturated heterocycles. The molecule has 0 saturated carbocycles. The van der Waals surface area contributed by atoms with Gasteiger partial charge < -0.3 is 15.8 Å². The SMILES string of the molecule is C=CC(=O)N[C@@]1(C(N)=O)CCCOC1. The molecule has 2 amide bonds. The van der Waals surface area contributed by atoms with Gasteiger partial charge in [-0.3, -0.25) is 9.59 Å². The summed E-state index contributed by atoms with van der Waals surface area (Å²) in [5.74, 6) is -0.971. The van der Waals surface area contributed by atoms with Crippen LogP contribution in [0.5, 0.6) is 0 Å². The van der Waals surface area contributed by atoms with Gasteiger partial charge in [-0.25, -0.2) is 0 Å². The Bertz CT molecular complexity index is 257. The molecule has 1 rings (SSSR count). The molecule has 5 heteroatoms. The second kappa shape index (κ2) is 4.23. The number of rotatable bonds is 3. The first-order chi connectivity index (χ1) is 6.60. The van der Waals surface area contributed by atoms with E-state index in [4.69, 9.17) is 10.5 Å². The van der Waals surface area contributed by atoms with E-state index in [1.54, 1.807) is 0 Å². The first kappa shape index (κ1) is 10.7. The third-order valence-electron chi connectivity index (χ3n) is 2.26. The molecule has 0 aliphatic carbocycles. The van der Waals surface area contributed by atoms with Gasteiger partial charge >= 0.3 is 0 Å². The predicted octanol–water partition coefficient (Wildman–Crippen LogP) is -0.677. The maximum Gasteiger partial charge on any atom is 0.245 e. The normalized spacial score (nSPS) is 26.6. The molecule has 0 unspecified atom stereocenters. The Morgan fingerprint density at radius 2 is 2.29 bits per heavy atom. The summed E-state index contributed by atoms with van der Waals surface area (Å²) in [6, 6.07) is 0. The summed E-state index contributed by atoms with van der Waals surface area (Å²) in [7, 11) is 0. The lowest BCUT2D eigenvalue weighted by atomic mass is 9.91. The fourth-order valence-electron chi connectivity index (χ4n) is 1.44. The predicted molar refractivity (Wildman–Crippen MR) is 50.3 cm³/mol. The molecule has 3 N–H and O–H groups in total. The van der Waals surface area contributed by atoms with Crippen molar-refractivity contribution in [1.29, 1.82) is 0 Å². The monoisotopic (exact) mass is 198 g/mol. The van der Waals surface area contributed by atoms with E-state index >= 15 is 0 Å². The van der Waals surface area contributed by atoms with E-state index in [1.807, 2.05) is 0 Å². The number of primary amides is 1. The first-order valence-electron chi connectivity index (χ1n) is 4.43. The van der Waals surface area contributed by atoms with Crippen molar-refractivity contribution in [3.8, 4) is 0 Å². The van der Waals surface area contributed by atoms with Gasteiger partial charge in [0.2, 0.25) is 11.8 Å². The third-order valence-corrected chi connectivity index (χ3v) is 2.26. The average Bonchev–Trinajstić information content (AvgIpc) is 2.19. The van der Waals surface area contributed by atoms with E-state index in [0.29, 0.717) is 19.4 Å². The highest BCUT2D eigenvalue weighted by Gasteiger charge is 2.39. The molecule has 0 spiro atoms. The van der Waals surface area contributed by atoms with Crippen LogP contribution in [0.25, 0.3) is 0 Å². The van der Waals surface area contributed by atoms with E-state index in [9.17, 15) is 9.59 Å². The summed E-state index contributed by atoms with van der Waals surface area (Å²) < 4.78 is 5.14. The van der Waals surface area contributed by atoms with Crippen LogP contribution >= 0.6 is 0 Å². The molecule has 1 fully saturated rings. The van der Waals surface area contributed by atoms with Gasteiger partial charge in [-0.1, -0.05) is 6.58 Å². The number of carbonyl (C=O) groups excluding carboxylic acids is 2. The highest BCUT2D eigenvalue weighted by molar-refractivity contribution is 5.94. The molecule has 0 aromatic carbocycles. The van der Waals surface area contributed by atoms with Gasteiger partial charge in [-0.2, -0.15) is 0 Å². The molecular formula is C9H14N2O3. The van der Waals surface area contributed by atoms with Crippen molar-refractivity contribution in [3.05, 3.63) is 12.7 Å². The summed E-state index contributed by atoms with van der Waals surface area (Å²) in [5, 5.41) is 2.52. The Hall–Kier alpha value is -1.36. The molecule has 78 valence electrons. The lowest BCUT2D eigenvalue weighted by Gasteiger charge is -2.34. The Labute approximate surface area is 82.3 Å². The van der Waals surface area contributed by atoms with Crippen molar-refractivity contribution in [2.75, 3.05) is 13.2 Å². The topological polar surface area (TPSA) is 81.4 Å². The number of amides is 2. The van der Waals surface area contributed by atoms with Crippen LogP contribution in [-0.4, -0.2) is 30.6 Å². The molecule has 1 aliphatic heterocycles. The summed E-state index contributed by atoms with van der Waals surface area (Å²) in [6.45, 7) is 4.05. The van der Waals surface area contributed by atoms with Gasteiger partial charge in [0.1, 0.15) is 5.54 Å². The van der Waals surface area contributed by atoms with Crippen molar-refractivity contribution in [2.24, 2.45) is 5.73 Å². The number of nitrogens with two attached hydrogens (primary N) is 1. The van der Waals surface area contributed by atoms with Crippen molar-refractivity contribution >= 4 is 11.8 Å². The molecule has 0 aromatic heterocycles. The fraction of sp³-hybridized carbons (Fsp3) is 0.556. The van der Waals surface area contributed by atoms with Crippen molar-refractivity contribution < 1.29 is 14.3 Å². The smallest absolute Gasteiger partial charge is 0.245 e. The van der Waals surface area contributed by atoms with E-state index < -0.39 is 17.4 Å². The fourth-order valence-corrected chi connectivity index (χ4v) is 1.44. The lowest BCUT2D eigenvalue weighted by Crippen LogP contribution is -2.61. The zero-order chi connectivity index (χ0) is 10.6. The Morgan fingerprint density at radius 1 is 1.57 bits per heavy atom.